The highest BCUT2D eigenvalue weighted by Gasteiger charge is 2.39. The van der Waals surface area contributed by atoms with Crippen molar-refractivity contribution in [2.75, 3.05) is 14.2 Å². The number of hydrogen-bond acceptors (Lipinski definition) is 4. The first-order valence-electron chi connectivity index (χ1n) is 9.54. The van der Waals surface area contributed by atoms with Gasteiger partial charge in [0.05, 0.1) is 14.2 Å². The molecule has 2 aromatic carbocycles. The Morgan fingerprint density at radius 1 is 0.931 bits per heavy atom. The van der Waals surface area contributed by atoms with Crippen molar-refractivity contribution in [2.24, 2.45) is 0 Å². The third-order valence-electron chi connectivity index (χ3n) is 5.69. The number of carbonyl (C=O) groups is 2. The Morgan fingerprint density at radius 2 is 1.69 bits per heavy atom. The fourth-order valence-electron chi connectivity index (χ4n) is 4.44. The summed E-state index contributed by atoms with van der Waals surface area (Å²) >= 11 is 6.36. The number of Topliss-reactive ketones (excluding diaryl/α,β-unsaturated/α-hetero) is 1. The van der Waals surface area contributed by atoms with Crippen LogP contribution in [0.5, 0.6) is 11.5 Å². The van der Waals surface area contributed by atoms with Crippen molar-refractivity contribution in [3.63, 3.8) is 0 Å². The van der Waals surface area contributed by atoms with Crippen LogP contribution in [0.15, 0.2) is 53.7 Å². The third-order valence-corrected chi connectivity index (χ3v) is 6.03. The zero-order chi connectivity index (χ0) is 20.5. The first-order chi connectivity index (χ1) is 14.0. The summed E-state index contributed by atoms with van der Waals surface area (Å²) in [5.41, 5.74) is 3.08. The second kappa shape index (κ2) is 7.91. The number of benzene rings is 2. The Kier molecular flexibility index (Phi) is 5.33. The van der Waals surface area contributed by atoms with E-state index in [2.05, 4.69) is 5.32 Å². The topological polar surface area (TPSA) is 64.6 Å². The Balaban J connectivity index is 1.78. The van der Waals surface area contributed by atoms with Gasteiger partial charge in [-0.2, -0.15) is 0 Å². The van der Waals surface area contributed by atoms with Crippen LogP contribution in [-0.4, -0.2) is 25.9 Å². The van der Waals surface area contributed by atoms with Crippen molar-refractivity contribution >= 4 is 23.3 Å². The fourth-order valence-corrected chi connectivity index (χ4v) is 4.73. The molecular formula is C23H22ClNO4. The number of carbonyl (C=O) groups excluding carboxylic acids is 2. The van der Waals surface area contributed by atoms with Crippen molar-refractivity contribution in [1.82, 2.24) is 5.32 Å². The van der Waals surface area contributed by atoms with Gasteiger partial charge in [0.2, 0.25) is 5.91 Å². The number of para-hydroxylation sites is 1. The lowest BCUT2D eigenvalue weighted by Crippen LogP contribution is -2.38. The molecular weight excluding hydrogens is 390 g/mol. The summed E-state index contributed by atoms with van der Waals surface area (Å²) in [6, 6.07) is 13.1. The predicted molar refractivity (Wildman–Crippen MR) is 111 cm³/mol. The SMILES string of the molecule is COc1cccc([C@H]2CC(=O)NC3=C2C(=O)C[C@H](c2ccccc2Cl)C3)c1OC. The maximum Gasteiger partial charge on any atom is 0.225 e. The molecule has 1 aliphatic carbocycles. The van der Waals surface area contributed by atoms with Gasteiger partial charge in [0, 0.05) is 40.6 Å². The maximum atomic E-state index is 13.2. The van der Waals surface area contributed by atoms with Gasteiger partial charge in [-0.1, -0.05) is 41.9 Å². The number of halogens is 1. The van der Waals surface area contributed by atoms with Crippen molar-refractivity contribution in [3.8, 4) is 11.5 Å². The summed E-state index contributed by atoms with van der Waals surface area (Å²) in [6.07, 6.45) is 1.13. The van der Waals surface area contributed by atoms with E-state index in [0.717, 1.165) is 11.1 Å². The Morgan fingerprint density at radius 3 is 2.41 bits per heavy atom. The van der Waals surface area contributed by atoms with Crippen LogP contribution in [0.2, 0.25) is 5.02 Å². The van der Waals surface area contributed by atoms with E-state index in [4.69, 9.17) is 21.1 Å². The van der Waals surface area contributed by atoms with E-state index < -0.39 is 0 Å². The number of allylic oxidation sites excluding steroid dienone is 2. The lowest BCUT2D eigenvalue weighted by atomic mass is 9.73. The minimum Gasteiger partial charge on any atom is -0.493 e. The molecule has 0 saturated heterocycles. The highest BCUT2D eigenvalue weighted by atomic mass is 35.5. The van der Waals surface area contributed by atoms with Gasteiger partial charge in [0.1, 0.15) is 0 Å². The molecule has 29 heavy (non-hydrogen) atoms. The van der Waals surface area contributed by atoms with Gasteiger partial charge >= 0.3 is 0 Å². The van der Waals surface area contributed by atoms with E-state index in [1.807, 2.05) is 36.4 Å². The van der Waals surface area contributed by atoms with Gasteiger partial charge in [0.25, 0.3) is 0 Å². The minimum absolute atomic E-state index is 0.0334. The molecule has 0 bridgehead atoms. The van der Waals surface area contributed by atoms with Gasteiger partial charge in [-0.05, 0) is 30.0 Å². The van der Waals surface area contributed by atoms with Crippen LogP contribution in [0.1, 0.15) is 42.2 Å². The summed E-state index contributed by atoms with van der Waals surface area (Å²) < 4.78 is 11.0. The molecule has 2 atom stereocenters. The molecule has 150 valence electrons. The van der Waals surface area contributed by atoms with Gasteiger partial charge in [-0.25, -0.2) is 0 Å². The summed E-state index contributed by atoms with van der Waals surface area (Å²) in [5.74, 6) is 0.653. The molecule has 2 aliphatic rings. The third kappa shape index (κ3) is 3.51. The molecule has 0 saturated carbocycles. The van der Waals surface area contributed by atoms with Crippen LogP contribution in [0.4, 0.5) is 0 Å². The zero-order valence-corrected chi connectivity index (χ0v) is 17.1. The smallest absolute Gasteiger partial charge is 0.225 e. The summed E-state index contributed by atoms with van der Waals surface area (Å²) in [7, 11) is 3.13. The molecule has 2 aromatic rings. The maximum absolute atomic E-state index is 13.2. The van der Waals surface area contributed by atoms with Crippen LogP contribution < -0.4 is 14.8 Å². The second-order valence-electron chi connectivity index (χ2n) is 7.33. The van der Waals surface area contributed by atoms with Crippen LogP contribution >= 0.6 is 11.6 Å². The molecule has 0 spiro atoms. The zero-order valence-electron chi connectivity index (χ0n) is 16.3. The highest BCUT2D eigenvalue weighted by Crippen LogP contribution is 2.47. The molecule has 1 heterocycles. The Bertz CT molecular complexity index is 1010. The molecule has 1 N–H and O–H groups in total. The molecule has 1 amide bonds. The molecule has 0 unspecified atom stereocenters. The number of methoxy groups -OCH3 is 2. The average Bonchev–Trinajstić information content (AvgIpc) is 2.72. The predicted octanol–water partition coefficient (Wildman–Crippen LogP) is 4.36. The molecule has 1 aliphatic heterocycles. The molecule has 0 fully saturated rings. The number of ketones is 1. The molecule has 0 radical (unpaired) electrons. The Hall–Kier alpha value is -2.79. The first kappa shape index (κ1) is 19.5. The van der Waals surface area contributed by atoms with Crippen molar-refractivity contribution in [2.45, 2.75) is 31.1 Å². The Labute approximate surface area is 174 Å². The molecule has 0 aromatic heterocycles. The summed E-state index contributed by atoms with van der Waals surface area (Å²) in [4.78, 5) is 25.8. The standard InChI is InChI=1S/C23H22ClNO4/c1-28-20-9-5-7-15(23(20)29-2)16-12-21(27)25-18-10-13(11-19(26)22(16)18)14-6-3-4-8-17(14)24/h3-9,13,16H,10-12H2,1-2H3,(H,25,27)/t13-,16-/m1/s1. The normalized spacial score (nSPS) is 21.5. The molecule has 5 nitrogen and oxygen atoms in total. The minimum atomic E-state index is -0.358. The van der Waals surface area contributed by atoms with Gasteiger partial charge in [-0.15, -0.1) is 0 Å². The van der Waals surface area contributed by atoms with Gasteiger partial charge < -0.3 is 14.8 Å². The van der Waals surface area contributed by atoms with Crippen LogP contribution in [0.25, 0.3) is 0 Å². The number of ether oxygens (including phenoxy) is 2. The largest absolute Gasteiger partial charge is 0.493 e. The van der Waals surface area contributed by atoms with E-state index >= 15 is 0 Å². The number of rotatable bonds is 4. The average molecular weight is 412 g/mol. The van der Waals surface area contributed by atoms with Crippen LogP contribution in [-0.2, 0) is 9.59 Å². The lowest BCUT2D eigenvalue weighted by molar-refractivity contribution is -0.122. The molecule has 4 rings (SSSR count). The van der Waals surface area contributed by atoms with E-state index in [0.29, 0.717) is 40.6 Å². The van der Waals surface area contributed by atoms with Crippen molar-refractivity contribution in [1.29, 1.82) is 0 Å². The van der Waals surface area contributed by atoms with Crippen molar-refractivity contribution < 1.29 is 19.1 Å². The van der Waals surface area contributed by atoms with Crippen molar-refractivity contribution in [3.05, 3.63) is 69.9 Å². The fraction of sp³-hybridized carbons (Fsp3) is 0.304. The van der Waals surface area contributed by atoms with Crippen LogP contribution in [0, 0.1) is 0 Å². The quantitative estimate of drug-likeness (QED) is 0.811. The van der Waals surface area contributed by atoms with E-state index in [1.165, 1.54) is 0 Å². The monoisotopic (exact) mass is 411 g/mol. The molecule has 6 heteroatoms. The van der Waals surface area contributed by atoms with E-state index in [9.17, 15) is 9.59 Å². The van der Waals surface area contributed by atoms with Crippen LogP contribution in [0.3, 0.4) is 0 Å². The second-order valence-corrected chi connectivity index (χ2v) is 7.74. The summed E-state index contributed by atoms with van der Waals surface area (Å²) in [6.45, 7) is 0. The number of hydrogen-bond donors (Lipinski definition) is 1. The lowest BCUT2D eigenvalue weighted by Gasteiger charge is -2.35. The summed E-state index contributed by atoms with van der Waals surface area (Å²) in [5, 5.41) is 3.58. The van der Waals surface area contributed by atoms with E-state index in [-0.39, 0.29) is 29.9 Å². The van der Waals surface area contributed by atoms with Gasteiger partial charge in [0.15, 0.2) is 17.3 Å². The number of amides is 1. The van der Waals surface area contributed by atoms with E-state index in [1.54, 1.807) is 20.3 Å². The highest BCUT2D eigenvalue weighted by molar-refractivity contribution is 6.31. The first-order valence-corrected chi connectivity index (χ1v) is 9.92. The number of nitrogens with one attached hydrogen (secondary N) is 1. The van der Waals surface area contributed by atoms with Gasteiger partial charge in [-0.3, -0.25) is 9.59 Å².